The molecular weight excluding hydrogens is 250 g/mol. The topological polar surface area (TPSA) is 47.0 Å². The molecule has 1 fully saturated rings. The van der Waals surface area contributed by atoms with E-state index in [-0.39, 0.29) is 11.5 Å². The van der Waals surface area contributed by atoms with Crippen LogP contribution >= 0.6 is 0 Å². The predicted octanol–water partition coefficient (Wildman–Crippen LogP) is 3.08. The highest BCUT2D eigenvalue weighted by Gasteiger charge is 2.29. The standard InChI is InChI=1S/C16H27N3O/c1-10-13(9-17-12-7-8-12)11(2)19-15(18-10)14(20-6)16(3,4)5/h12,14,17H,7-9H2,1-6H3. The van der Waals surface area contributed by atoms with E-state index >= 15 is 0 Å². The van der Waals surface area contributed by atoms with Crippen LogP contribution in [0.2, 0.25) is 0 Å². The average Bonchev–Trinajstić information content (AvgIpc) is 3.10. The van der Waals surface area contributed by atoms with E-state index in [2.05, 4.69) is 39.9 Å². The largest absolute Gasteiger partial charge is 0.373 e. The number of hydrogen-bond acceptors (Lipinski definition) is 4. The molecule has 0 spiro atoms. The van der Waals surface area contributed by atoms with Crippen molar-refractivity contribution in [2.24, 2.45) is 5.41 Å². The van der Waals surface area contributed by atoms with Gasteiger partial charge in [-0.3, -0.25) is 0 Å². The molecule has 4 heteroatoms. The fraction of sp³-hybridized carbons (Fsp3) is 0.750. The minimum atomic E-state index is -0.0784. The summed E-state index contributed by atoms with van der Waals surface area (Å²) in [6.45, 7) is 11.5. The quantitative estimate of drug-likeness (QED) is 0.898. The number of methoxy groups -OCH3 is 1. The summed E-state index contributed by atoms with van der Waals surface area (Å²) in [7, 11) is 1.73. The summed E-state index contributed by atoms with van der Waals surface area (Å²) in [6, 6.07) is 0.703. The molecule has 1 unspecified atom stereocenters. The molecule has 0 aliphatic heterocycles. The van der Waals surface area contributed by atoms with Crippen molar-refractivity contribution < 1.29 is 4.74 Å². The van der Waals surface area contributed by atoms with Gasteiger partial charge in [-0.05, 0) is 32.1 Å². The van der Waals surface area contributed by atoms with Gasteiger partial charge in [0.25, 0.3) is 0 Å². The fourth-order valence-electron chi connectivity index (χ4n) is 2.52. The molecule has 0 saturated heterocycles. The van der Waals surface area contributed by atoms with Crippen LogP contribution < -0.4 is 5.32 Å². The predicted molar refractivity (Wildman–Crippen MR) is 80.6 cm³/mol. The Bertz CT molecular complexity index is 452. The third kappa shape index (κ3) is 3.55. The van der Waals surface area contributed by atoms with Crippen LogP contribution in [-0.4, -0.2) is 23.1 Å². The molecule has 112 valence electrons. The van der Waals surface area contributed by atoms with Crippen LogP contribution in [0, 0.1) is 19.3 Å². The lowest BCUT2D eigenvalue weighted by Gasteiger charge is -2.28. The van der Waals surface area contributed by atoms with Crippen LogP contribution in [0.4, 0.5) is 0 Å². The number of ether oxygens (including phenoxy) is 1. The van der Waals surface area contributed by atoms with Crippen LogP contribution in [0.5, 0.6) is 0 Å². The van der Waals surface area contributed by atoms with E-state index < -0.39 is 0 Å². The Balaban J connectivity index is 2.23. The molecule has 1 N–H and O–H groups in total. The number of nitrogens with zero attached hydrogens (tertiary/aromatic N) is 2. The molecule has 1 aromatic heterocycles. The number of rotatable bonds is 5. The van der Waals surface area contributed by atoms with Crippen molar-refractivity contribution in [3.8, 4) is 0 Å². The van der Waals surface area contributed by atoms with Gasteiger partial charge < -0.3 is 10.1 Å². The van der Waals surface area contributed by atoms with Crippen molar-refractivity contribution in [2.75, 3.05) is 7.11 Å². The van der Waals surface area contributed by atoms with Crippen LogP contribution in [0.15, 0.2) is 0 Å². The summed E-state index contributed by atoms with van der Waals surface area (Å²) >= 11 is 0. The van der Waals surface area contributed by atoms with Gasteiger partial charge in [-0.2, -0.15) is 0 Å². The number of nitrogens with one attached hydrogen (secondary N) is 1. The molecule has 20 heavy (non-hydrogen) atoms. The highest BCUT2D eigenvalue weighted by atomic mass is 16.5. The van der Waals surface area contributed by atoms with Crippen molar-refractivity contribution in [2.45, 2.75) is 66.2 Å². The molecule has 0 amide bonds. The van der Waals surface area contributed by atoms with Crippen molar-refractivity contribution in [3.63, 3.8) is 0 Å². The molecule has 1 atom stereocenters. The van der Waals surface area contributed by atoms with Gasteiger partial charge in [0, 0.05) is 36.6 Å². The minimum Gasteiger partial charge on any atom is -0.373 e. The van der Waals surface area contributed by atoms with Crippen LogP contribution in [0.3, 0.4) is 0 Å². The molecule has 2 rings (SSSR count). The van der Waals surface area contributed by atoms with E-state index in [0.717, 1.165) is 23.8 Å². The molecule has 1 aliphatic rings. The summed E-state index contributed by atoms with van der Waals surface area (Å²) in [6.07, 6.45) is 2.52. The third-order valence-electron chi connectivity index (χ3n) is 3.84. The first-order valence-corrected chi connectivity index (χ1v) is 7.43. The van der Waals surface area contributed by atoms with Crippen molar-refractivity contribution in [1.29, 1.82) is 0 Å². The van der Waals surface area contributed by atoms with Gasteiger partial charge in [0.1, 0.15) is 6.10 Å². The molecule has 0 radical (unpaired) electrons. The van der Waals surface area contributed by atoms with Gasteiger partial charge >= 0.3 is 0 Å². The van der Waals surface area contributed by atoms with E-state index in [1.807, 2.05) is 0 Å². The fourth-order valence-corrected chi connectivity index (χ4v) is 2.52. The Labute approximate surface area is 122 Å². The van der Waals surface area contributed by atoms with Crippen LogP contribution in [-0.2, 0) is 11.3 Å². The zero-order valence-corrected chi connectivity index (χ0v) is 13.6. The van der Waals surface area contributed by atoms with Gasteiger partial charge in [0.2, 0.25) is 0 Å². The SMILES string of the molecule is COC(c1nc(C)c(CNC2CC2)c(C)n1)C(C)(C)C. The second-order valence-corrected chi connectivity index (χ2v) is 6.87. The summed E-state index contributed by atoms with van der Waals surface area (Å²) in [5.74, 6) is 0.796. The van der Waals surface area contributed by atoms with Crippen molar-refractivity contribution in [1.82, 2.24) is 15.3 Å². The maximum absolute atomic E-state index is 5.62. The van der Waals surface area contributed by atoms with Gasteiger partial charge in [-0.1, -0.05) is 20.8 Å². The summed E-state index contributed by atoms with van der Waals surface area (Å²) in [4.78, 5) is 9.39. The molecule has 1 saturated carbocycles. The molecule has 1 heterocycles. The van der Waals surface area contributed by atoms with E-state index in [4.69, 9.17) is 14.7 Å². The highest BCUT2D eigenvalue weighted by Crippen LogP contribution is 2.34. The molecule has 4 nitrogen and oxygen atoms in total. The normalized spacial score (nSPS) is 17.3. The van der Waals surface area contributed by atoms with Crippen LogP contribution in [0.25, 0.3) is 0 Å². The number of aryl methyl sites for hydroxylation is 2. The van der Waals surface area contributed by atoms with Gasteiger partial charge in [0.15, 0.2) is 5.82 Å². The van der Waals surface area contributed by atoms with Gasteiger partial charge in [-0.15, -0.1) is 0 Å². The summed E-state index contributed by atoms with van der Waals surface area (Å²) in [5, 5.41) is 3.54. The van der Waals surface area contributed by atoms with Crippen LogP contribution in [0.1, 0.15) is 62.5 Å². The smallest absolute Gasteiger partial charge is 0.158 e. The van der Waals surface area contributed by atoms with E-state index in [1.54, 1.807) is 7.11 Å². The average molecular weight is 277 g/mol. The number of aromatic nitrogens is 2. The van der Waals surface area contributed by atoms with Crippen molar-refractivity contribution >= 4 is 0 Å². The van der Waals surface area contributed by atoms with Gasteiger partial charge in [-0.25, -0.2) is 9.97 Å². The Hall–Kier alpha value is -1.00. The lowest BCUT2D eigenvalue weighted by Crippen LogP contribution is -2.24. The third-order valence-corrected chi connectivity index (χ3v) is 3.84. The Morgan fingerprint density at radius 2 is 1.75 bits per heavy atom. The molecule has 0 bridgehead atoms. The molecule has 0 aromatic carbocycles. The first-order valence-electron chi connectivity index (χ1n) is 7.43. The minimum absolute atomic E-state index is 0.0125. The first-order chi connectivity index (χ1) is 9.32. The first kappa shape index (κ1) is 15.4. The Morgan fingerprint density at radius 1 is 1.20 bits per heavy atom. The lowest BCUT2D eigenvalue weighted by atomic mass is 9.88. The van der Waals surface area contributed by atoms with Crippen molar-refractivity contribution in [3.05, 3.63) is 22.8 Å². The summed E-state index contributed by atoms with van der Waals surface area (Å²) < 4.78 is 5.62. The molecule has 1 aromatic rings. The highest BCUT2D eigenvalue weighted by molar-refractivity contribution is 5.25. The Morgan fingerprint density at radius 3 is 2.15 bits per heavy atom. The monoisotopic (exact) mass is 277 g/mol. The second kappa shape index (κ2) is 5.78. The lowest BCUT2D eigenvalue weighted by molar-refractivity contribution is 0.00839. The van der Waals surface area contributed by atoms with E-state index in [1.165, 1.54) is 18.4 Å². The molecule has 1 aliphatic carbocycles. The molecular formula is C16H27N3O. The van der Waals surface area contributed by atoms with E-state index in [9.17, 15) is 0 Å². The maximum Gasteiger partial charge on any atom is 0.158 e. The maximum atomic E-state index is 5.62. The summed E-state index contributed by atoms with van der Waals surface area (Å²) in [5.41, 5.74) is 3.34. The Kier molecular flexibility index (Phi) is 4.45. The second-order valence-electron chi connectivity index (χ2n) is 6.87. The van der Waals surface area contributed by atoms with E-state index in [0.29, 0.717) is 6.04 Å². The zero-order valence-electron chi connectivity index (χ0n) is 13.6. The van der Waals surface area contributed by atoms with Gasteiger partial charge in [0.05, 0.1) is 0 Å². The zero-order chi connectivity index (χ0) is 14.9. The number of hydrogen-bond donors (Lipinski definition) is 1.